The Bertz CT molecular complexity index is 1020. The molecule has 0 radical (unpaired) electrons. The van der Waals surface area contributed by atoms with E-state index >= 15 is 0 Å². The highest BCUT2D eigenvalue weighted by Gasteiger charge is 2.15. The Hall–Kier alpha value is -3.66. The molecule has 2 aromatic heterocycles. The van der Waals surface area contributed by atoms with Crippen LogP contribution < -0.4 is 10.9 Å². The SMILES string of the molecule is N#Cc1cccc(NC(=O)c2cc3cccc(O)c3oc2=O)n1. The molecule has 0 spiro atoms. The quantitative estimate of drug-likeness (QED) is 0.700. The van der Waals surface area contributed by atoms with Crippen LogP contribution in [-0.2, 0) is 0 Å². The molecule has 0 saturated heterocycles. The van der Waals surface area contributed by atoms with E-state index in [1.807, 2.05) is 6.07 Å². The molecule has 0 bridgehead atoms. The fourth-order valence-corrected chi connectivity index (χ4v) is 2.04. The largest absolute Gasteiger partial charge is 0.504 e. The Morgan fingerprint density at radius 2 is 2.04 bits per heavy atom. The average Bonchev–Trinajstić information content (AvgIpc) is 2.55. The molecule has 7 nitrogen and oxygen atoms in total. The Labute approximate surface area is 129 Å². The maximum Gasteiger partial charge on any atom is 0.349 e. The zero-order chi connectivity index (χ0) is 16.4. The fourth-order valence-electron chi connectivity index (χ4n) is 2.04. The van der Waals surface area contributed by atoms with Gasteiger partial charge in [0.1, 0.15) is 23.1 Å². The van der Waals surface area contributed by atoms with Crippen molar-refractivity contribution in [3.63, 3.8) is 0 Å². The summed E-state index contributed by atoms with van der Waals surface area (Å²) in [5, 5.41) is 21.3. The Kier molecular flexibility index (Phi) is 3.49. The lowest BCUT2D eigenvalue weighted by atomic mass is 10.1. The van der Waals surface area contributed by atoms with E-state index in [2.05, 4.69) is 10.3 Å². The maximum absolute atomic E-state index is 12.2. The first-order chi connectivity index (χ1) is 11.1. The number of hydrogen-bond donors (Lipinski definition) is 2. The van der Waals surface area contributed by atoms with Gasteiger partial charge in [0.15, 0.2) is 11.3 Å². The smallest absolute Gasteiger partial charge is 0.349 e. The van der Waals surface area contributed by atoms with E-state index in [1.54, 1.807) is 18.2 Å². The number of nitrogens with zero attached hydrogens (tertiary/aromatic N) is 2. The third-order valence-electron chi connectivity index (χ3n) is 3.09. The number of amides is 1. The topological polar surface area (TPSA) is 116 Å². The van der Waals surface area contributed by atoms with Crippen molar-refractivity contribution in [2.24, 2.45) is 0 Å². The number of para-hydroxylation sites is 1. The van der Waals surface area contributed by atoms with Crippen LogP contribution in [-0.4, -0.2) is 16.0 Å². The standard InChI is InChI=1S/C16H9N3O4/c17-8-10-4-2-6-13(18-10)19-15(21)11-7-9-3-1-5-12(20)14(9)23-16(11)22/h1-7,20H,(H,18,19,21). The van der Waals surface area contributed by atoms with Crippen molar-refractivity contribution in [2.45, 2.75) is 0 Å². The molecule has 1 amide bonds. The fraction of sp³-hybridized carbons (Fsp3) is 0. The highest BCUT2D eigenvalue weighted by atomic mass is 16.4. The second-order valence-corrected chi connectivity index (χ2v) is 4.62. The number of benzene rings is 1. The van der Waals surface area contributed by atoms with E-state index in [4.69, 9.17) is 9.68 Å². The van der Waals surface area contributed by atoms with Crippen LogP contribution in [0.5, 0.6) is 5.75 Å². The molecule has 2 heterocycles. The first kappa shape index (κ1) is 14.3. The van der Waals surface area contributed by atoms with Crippen LogP contribution in [0.3, 0.4) is 0 Å². The number of fused-ring (bicyclic) bond motifs is 1. The number of pyridine rings is 1. The van der Waals surface area contributed by atoms with Gasteiger partial charge in [-0.3, -0.25) is 4.79 Å². The van der Waals surface area contributed by atoms with Crippen molar-refractivity contribution in [3.8, 4) is 11.8 Å². The Morgan fingerprint density at radius 3 is 2.83 bits per heavy atom. The number of carbonyl (C=O) groups excluding carboxylic acids is 1. The van der Waals surface area contributed by atoms with E-state index in [9.17, 15) is 14.7 Å². The van der Waals surface area contributed by atoms with E-state index < -0.39 is 11.5 Å². The lowest BCUT2D eigenvalue weighted by Gasteiger charge is -2.05. The van der Waals surface area contributed by atoms with Crippen LogP contribution >= 0.6 is 0 Å². The molecule has 3 rings (SSSR count). The zero-order valence-corrected chi connectivity index (χ0v) is 11.6. The van der Waals surface area contributed by atoms with Crippen LogP contribution in [0, 0.1) is 11.3 Å². The molecular formula is C16H9N3O4. The first-order valence-corrected chi connectivity index (χ1v) is 6.53. The van der Waals surface area contributed by atoms with Crippen LogP contribution in [0.4, 0.5) is 5.82 Å². The minimum Gasteiger partial charge on any atom is -0.504 e. The highest BCUT2D eigenvalue weighted by molar-refractivity contribution is 6.05. The number of anilines is 1. The number of nitrogens with one attached hydrogen (secondary N) is 1. The molecule has 7 heteroatoms. The highest BCUT2D eigenvalue weighted by Crippen LogP contribution is 2.23. The van der Waals surface area contributed by atoms with Gasteiger partial charge in [-0.05, 0) is 24.3 Å². The minimum absolute atomic E-state index is 0.0126. The van der Waals surface area contributed by atoms with Gasteiger partial charge < -0.3 is 14.8 Å². The van der Waals surface area contributed by atoms with Gasteiger partial charge in [0.05, 0.1) is 0 Å². The van der Waals surface area contributed by atoms with Gasteiger partial charge in [0, 0.05) is 5.39 Å². The second-order valence-electron chi connectivity index (χ2n) is 4.62. The molecule has 0 saturated carbocycles. The predicted octanol–water partition coefficient (Wildman–Crippen LogP) is 2.02. The van der Waals surface area contributed by atoms with Gasteiger partial charge in [-0.15, -0.1) is 0 Å². The maximum atomic E-state index is 12.2. The second kappa shape index (κ2) is 5.61. The van der Waals surface area contributed by atoms with Crippen molar-refractivity contribution in [3.05, 3.63) is 64.1 Å². The molecule has 0 fully saturated rings. The number of phenols is 1. The lowest BCUT2D eigenvalue weighted by molar-refractivity contribution is 0.102. The van der Waals surface area contributed by atoms with Crippen LogP contribution in [0.1, 0.15) is 16.1 Å². The summed E-state index contributed by atoms with van der Waals surface area (Å²) in [4.78, 5) is 28.0. The van der Waals surface area contributed by atoms with Crippen molar-refractivity contribution in [1.29, 1.82) is 5.26 Å². The summed E-state index contributed by atoms with van der Waals surface area (Å²) >= 11 is 0. The Morgan fingerprint density at radius 1 is 1.26 bits per heavy atom. The molecule has 0 atom stereocenters. The molecule has 3 aromatic rings. The van der Waals surface area contributed by atoms with Gasteiger partial charge >= 0.3 is 5.63 Å². The number of rotatable bonds is 2. The van der Waals surface area contributed by atoms with Gasteiger partial charge in [-0.1, -0.05) is 18.2 Å². The third kappa shape index (κ3) is 2.73. The molecule has 0 aliphatic rings. The number of phenolic OH excluding ortho intramolecular Hbond substituents is 1. The summed E-state index contributed by atoms with van der Waals surface area (Å²) in [5.41, 5.74) is -0.961. The molecule has 0 aliphatic heterocycles. The van der Waals surface area contributed by atoms with Gasteiger partial charge in [0.2, 0.25) is 0 Å². The monoisotopic (exact) mass is 307 g/mol. The number of aromatic hydroxyl groups is 1. The number of hydrogen-bond acceptors (Lipinski definition) is 6. The van der Waals surface area contributed by atoms with Crippen LogP contribution in [0.25, 0.3) is 11.0 Å². The third-order valence-corrected chi connectivity index (χ3v) is 3.09. The summed E-state index contributed by atoms with van der Waals surface area (Å²) < 4.78 is 4.99. The van der Waals surface area contributed by atoms with E-state index in [0.717, 1.165) is 0 Å². The van der Waals surface area contributed by atoms with Crippen molar-refractivity contribution < 1.29 is 14.3 Å². The molecule has 23 heavy (non-hydrogen) atoms. The van der Waals surface area contributed by atoms with Crippen molar-refractivity contribution in [1.82, 2.24) is 4.98 Å². The Balaban J connectivity index is 1.99. The average molecular weight is 307 g/mol. The lowest BCUT2D eigenvalue weighted by Crippen LogP contribution is -2.21. The predicted molar refractivity (Wildman–Crippen MR) is 81.1 cm³/mol. The number of nitriles is 1. The van der Waals surface area contributed by atoms with E-state index in [0.29, 0.717) is 5.39 Å². The van der Waals surface area contributed by atoms with Crippen LogP contribution in [0.15, 0.2) is 51.7 Å². The number of carbonyl (C=O) groups is 1. The van der Waals surface area contributed by atoms with Crippen LogP contribution in [0.2, 0.25) is 0 Å². The number of aromatic nitrogens is 1. The normalized spacial score (nSPS) is 10.2. The van der Waals surface area contributed by atoms with Gasteiger partial charge in [-0.25, -0.2) is 9.78 Å². The summed E-state index contributed by atoms with van der Waals surface area (Å²) in [7, 11) is 0. The first-order valence-electron chi connectivity index (χ1n) is 6.53. The zero-order valence-electron chi connectivity index (χ0n) is 11.6. The summed E-state index contributed by atoms with van der Waals surface area (Å²) in [5.74, 6) is -0.758. The summed E-state index contributed by atoms with van der Waals surface area (Å²) in [6, 6.07) is 12.3. The summed E-state index contributed by atoms with van der Waals surface area (Å²) in [6.45, 7) is 0. The van der Waals surface area contributed by atoms with Gasteiger partial charge in [-0.2, -0.15) is 5.26 Å². The van der Waals surface area contributed by atoms with Gasteiger partial charge in [0.25, 0.3) is 5.91 Å². The van der Waals surface area contributed by atoms with Crippen molar-refractivity contribution >= 4 is 22.7 Å². The molecule has 0 unspecified atom stereocenters. The summed E-state index contributed by atoms with van der Waals surface area (Å²) in [6.07, 6.45) is 0. The van der Waals surface area contributed by atoms with E-state index in [1.165, 1.54) is 24.3 Å². The molecular weight excluding hydrogens is 298 g/mol. The molecule has 2 N–H and O–H groups in total. The van der Waals surface area contributed by atoms with E-state index in [-0.39, 0.29) is 28.4 Å². The minimum atomic E-state index is -0.882. The molecule has 0 aliphatic carbocycles. The molecule has 1 aromatic carbocycles. The molecule has 112 valence electrons. The van der Waals surface area contributed by atoms with Crippen molar-refractivity contribution in [2.75, 3.05) is 5.32 Å².